The van der Waals surface area contributed by atoms with Gasteiger partial charge in [0.2, 0.25) is 5.91 Å². The zero-order valence-electron chi connectivity index (χ0n) is 22.0. The minimum atomic E-state index is -4.82. The summed E-state index contributed by atoms with van der Waals surface area (Å²) < 4.78 is 84.3. The second-order valence-electron chi connectivity index (χ2n) is 9.70. The summed E-state index contributed by atoms with van der Waals surface area (Å²) in [5, 5.41) is 10.5. The molecule has 0 spiro atoms. The number of primary amides is 1. The Labute approximate surface area is 246 Å². The van der Waals surface area contributed by atoms with Crippen molar-refractivity contribution in [2.75, 3.05) is 5.32 Å². The lowest BCUT2D eigenvalue weighted by Crippen LogP contribution is -2.19. The summed E-state index contributed by atoms with van der Waals surface area (Å²) in [6.45, 7) is 3.69. The number of pyridine rings is 1. The fraction of sp³-hybridized carbons (Fsp3) is 0.400. The van der Waals surface area contributed by atoms with Crippen molar-refractivity contribution in [3.63, 3.8) is 0 Å². The Bertz CT molecular complexity index is 1720. The van der Waals surface area contributed by atoms with E-state index in [1.165, 1.54) is 6.20 Å². The highest BCUT2D eigenvalue weighted by Crippen LogP contribution is 2.47. The first-order valence-electron chi connectivity index (χ1n) is 12.6. The average Bonchev–Trinajstić information content (AvgIpc) is 3.42. The zero-order chi connectivity index (χ0) is 30.7. The minimum Gasteiger partial charge on any atom is -0.365 e. The number of rotatable bonds is 8. The van der Waals surface area contributed by atoms with E-state index >= 15 is 0 Å². The zero-order valence-corrected chi connectivity index (χ0v) is 24.4. The van der Waals surface area contributed by atoms with Gasteiger partial charge >= 0.3 is 12.4 Å². The molecule has 1 aliphatic rings. The third-order valence-electron chi connectivity index (χ3n) is 6.85. The van der Waals surface area contributed by atoms with Gasteiger partial charge in [-0.1, -0.05) is 0 Å². The largest absolute Gasteiger partial charge is 0.436 e. The Morgan fingerprint density at radius 1 is 1.14 bits per heavy atom. The molecule has 5 rings (SSSR count). The maximum Gasteiger partial charge on any atom is 0.436 e. The molecule has 0 saturated heterocycles. The van der Waals surface area contributed by atoms with Gasteiger partial charge in [0.15, 0.2) is 5.69 Å². The van der Waals surface area contributed by atoms with Crippen molar-refractivity contribution in [1.82, 2.24) is 24.5 Å². The second kappa shape index (κ2) is 10.7. The number of nitrogens with one attached hydrogen (secondary N) is 1. The van der Waals surface area contributed by atoms with E-state index in [1.54, 1.807) is 18.5 Å². The highest BCUT2D eigenvalue weighted by atomic mass is 79.9. The summed E-state index contributed by atoms with van der Waals surface area (Å²) in [7, 11) is 0. The van der Waals surface area contributed by atoms with Crippen LogP contribution in [-0.2, 0) is 30.2 Å². The number of hydrogen-bond acceptors (Lipinski definition) is 6. The number of thiophene rings is 1. The lowest BCUT2D eigenvalue weighted by atomic mass is 10.0. The number of amides is 2. The summed E-state index contributed by atoms with van der Waals surface area (Å²) in [4.78, 5) is 28.8. The Balaban J connectivity index is 1.55. The van der Waals surface area contributed by atoms with E-state index in [1.807, 2.05) is 0 Å². The number of fused-ring (bicyclic) bond motifs is 1. The summed E-state index contributed by atoms with van der Waals surface area (Å²) >= 11 is 3.59. The van der Waals surface area contributed by atoms with E-state index in [0.717, 1.165) is 10.7 Å². The van der Waals surface area contributed by atoms with Gasteiger partial charge < -0.3 is 11.1 Å². The van der Waals surface area contributed by atoms with Crippen molar-refractivity contribution in [3.05, 3.63) is 44.4 Å². The van der Waals surface area contributed by atoms with E-state index in [4.69, 9.17) is 5.73 Å². The lowest BCUT2D eigenvalue weighted by molar-refractivity contribution is -0.142. The first kappa shape index (κ1) is 30.0. The number of aromatic nitrogens is 5. The molecule has 3 N–H and O–H groups in total. The number of halogens is 7. The van der Waals surface area contributed by atoms with E-state index in [9.17, 15) is 35.9 Å². The topological polar surface area (TPSA) is 121 Å². The van der Waals surface area contributed by atoms with Crippen molar-refractivity contribution >= 4 is 55.0 Å². The molecule has 4 aromatic heterocycles. The Morgan fingerprint density at radius 2 is 1.83 bits per heavy atom. The van der Waals surface area contributed by atoms with Crippen molar-refractivity contribution in [3.8, 4) is 11.1 Å². The molecule has 0 bridgehead atoms. The molecule has 0 aliphatic heterocycles. The van der Waals surface area contributed by atoms with Crippen LogP contribution >= 0.6 is 27.3 Å². The standard InChI is InChI=1S/C25H22BrF6N7O2S/c1-3-38-10(2)13(9-34-38)12-8-14(24(27,28)29)35-23-16(12)18(20(42-23)22(33)41)36-15(40)6-7-39-19(11-4-5-11)17(26)21(37-39)25(30,31)32/h8-9,11H,3-7H2,1-2H3,(H2,33,41)(H,36,40). The van der Waals surface area contributed by atoms with Crippen molar-refractivity contribution in [2.24, 2.45) is 5.73 Å². The molecular formula is C25H22BrF6N7O2S. The fourth-order valence-corrected chi connectivity index (χ4v) is 6.58. The van der Waals surface area contributed by atoms with Crippen molar-refractivity contribution in [2.45, 2.75) is 64.5 Å². The van der Waals surface area contributed by atoms with Gasteiger partial charge in [0.05, 0.1) is 28.6 Å². The molecule has 1 saturated carbocycles. The minimum absolute atomic E-state index is 0.0328. The normalized spacial score (nSPS) is 14.1. The third kappa shape index (κ3) is 5.50. The van der Waals surface area contributed by atoms with Gasteiger partial charge in [-0.3, -0.25) is 19.0 Å². The van der Waals surface area contributed by atoms with Gasteiger partial charge in [0.1, 0.15) is 15.4 Å². The van der Waals surface area contributed by atoms with Gasteiger partial charge in [-0.25, -0.2) is 4.98 Å². The molecule has 4 heterocycles. The molecule has 17 heteroatoms. The van der Waals surface area contributed by atoms with Gasteiger partial charge in [-0.2, -0.15) is 36.5 Å². The van der Waals surface area contributed by atoms with Crippen LogP contribution in [0.1, 0.15) is 64.6 Å². The molecule has 1 fully saturated rings. The maximum absolute atomic E-state index is 13.8. The quantitative estimate of drug-likeness (QED) is 0.207. The SMILES string of the molecule is CCn1ncc(-c2cc(C(F)(F)F)nc3sc(C(N)=O)c(NC(=O)CCn4nc(C(F)(F)F)c(Br)c4C4CC4)c23)c1C. The molecule has 224 valence electrons. The highest BCUT2D eigenvalue weighted by Gasteiger charge is 2.42. The van der Waals surface area contributed by atoms with Gasteiger partial charge in [-0.05, 0) is 54.2 Å². The molecular weight excluding hydrogens is 656 g/mol. The van der Waals surface area contributed by atoms with Crippen LogP contribution in [-0.4, -0.2) is 36.4 Å². The van der Waals surface area contributed by atoms with Crippen LogP contribution in [0.2, 0.25) is 0 Å². The number of alkyl halides is 6. The Hall–Kier alpha value is -3.47. The number of hydrogen-bond donors (Lipinski definition) is 2. The fourth-order valence-electron chi connectivity index (χ4n) is 4.74. The number of aryl methyl sites for hydroxylation is 2. The summed E-state index contributed by atoms with van der Waals surface area (Å²) in [6, 6.07) is 0.821. The number of carbonyl (C=O) groups excluding carboxylic acids is 2. The maximum atomic E-state index is 13.8. The monoisotopic (exact) mass is 677 g/mol. The second-order valence-corrected chi connectivity index (χ2v) is 11.5. The molecule has 0 aromatic carbocycles. The molecule has 1 aliphatic carbocycles. The van der Waals surface area contributed by atoms with Gasteiger partial charge in [-0.15, -0.1) is 11.3 Å². The van der Waals surface area contributed by atoms with Crippen LogP contribution in [0, 0.1) is 6.92 Å². The van der Waals surface area contributed by atoms with Crippen LogP contribution in [0.5, 0.6) is 0 Å². The predicted octanol–water partition coefficient (Wildman–Crippen LogP) is 6.49. The smallest absolute Gasteiger partial charge is 0.365 e. The van der Waals surface area contributed by atoms with Crippen LogP contribution in [0.25, 0.3) is 21.3 Å². The first-order chi connectivity index (χ1) is 19.6. The molecule has 42 heavy (non-hydrogen) atoms. The van der Waals surface area contributed by atoms with E-state index in [0.29, 0.717) is 47.7 Å². The molecule has 2 amide bonds. The summed E-state index contributed by atoms with van der Waals surface area (Å²) in [6.07, 6.45) is -7.12. The molecule has 0 radical (unpaired) electrons. The van der Waals surface area contributed by atoms with Crippen LogP contribution in [0.15, 0.2) is 16.7 Å². The van der Waals surface area contributed by atoms with E-state index in [-0.39, 0.29) is 49.7 Å². The van der Waals surface area contributed by atoms with Gasteiger partial charge in [0.25, 0.3) is 5.91 Å². The molecule has 9 nitrogen and oxygen atoms in total. The van der Waals surface area contributed by atoms with Crippen molar-refractivity contribution < 1.29 is 35.9 Å². The van der Waals surface area contributed by atoms with Crippen LogP contribution in [0.3, 0.4) is 0 Å². The lowest BCUT2D eigenvalue weighted by Gasteiger charge is -2.13. The van der Waals surface area contributed by atoms with Gasteiger partial charge in [0, 0.05) is 35.5 Å². The molecule has 4 aromatic rings. The Kier molecular flexibility index (Phi) is 7.62. The number of nitrogens with zero attached hydrogens (tertiary/aromatic N) is 5. The summed E-state index contributed by atoms with van der Waals surface area (Å²) in [5.74, 6) is -1.85. The predicted molar refractivity (Wildman–Crippen MR) is 145 cm³/mol. The molecule has 0 unspecified atom stereocenters. The number of nitrogens with two attached hydrogens (primary N) is 1. The van der Waals surface area contributed by atoms with E-state index < -0.39 is 35.6 Å². The summed E-state index contributed by atoms with van der Waals surface area (Å²) in [5.41, 5.74) is 4.34. The first-order valence-corrected chi connectivity index (χ1v) is 14.2. The number of anilines is 1. The third-order valence-corrected chi connectivity index (χ3v) is 8.73. The van der Waals surface area contributed by atoms with E-state index in [2.05, 4.69) is 36.4 Å². The number of carbonyl (C=O) groups is 2. The van der Waals surface area contributed by atoms with Crippen LogP contribution in [0.4, 0.5) is 32.0 Å². The van der Waals surface area contributed by atoms with Crippen LogP contribution < -0.4 is 11.1 Å². The van der Waals surface area contributed by atoms with Crippen molar-refractivity contribution in [1.29, 1.82) is 0 Å². The average molecular weight is 678 g/mol. The highest BCUT2D eigenvalue weighted by molar-refractivity contribution is 9.10. The molecule has 0 atom stereocenters. The Morgan fingerprint density at radius 3 is 2.38 bits per heavy atom.